The van der Waals surface area contributed by atoms with E-state index in [0.29, 0.717) is 13.1 Å². The van der Waals surface area contributed by atoms with E-state index in [4.69, 9.17) is 5.73 Å². The zero-order chi connectivity index (χ0) is 13.8. The number of nitrogens with two attached hydrogens (primary N) is 1. The van der Waals surface area contributed by atoms with E-state index in [9.17, 15) is 13.6 Å². The van der Waals surface area contributed by atoms with Crippen LogP contribution in [-0.2, 0) is 0 Å². The smallest absolute Gasteiger partial charge is 0.257 e. The Balaban J connectivity index is 2.22. The molecule has 0 aliphatic heterocycles. The molecule has 2 N–H and O–H groups in total. The topological polar surface area (TPSA) is 46.3 Å². The van der Waals surface area contributed by atoms with Crippen molar-refractivity contribution in [3.05, 3.63) is 35.4 Å². The molecule has 5 heteroatoms. The van der Waals surface area contributed by atoms with E-state index < -0.39 is 17.5 Å². The lowest BCUT2D eigenvalue weighted by molar-refractivity contribution is 0.0683. The van der Waals surface area contributed by atoms with Gasteiger partial charge in [0.25, 0.3) is 5.91 Å². The molecule has 1 aromatic rings. The van der Waals surface area contributed by atoms with Gasteiger partial charge in [-0.2, -0.15) is 0 Å². The molecular weight excluding hydrogens is 250 g/mol. The van der Waals surface area contributed by atoms with E-state index in [2.05, 4.69) is 0 Å². The summed E-state index contributed by atoms with van der Waals surface area (Å²) in [4.78, 5) is 14.0. The van der Waals surface area contributed by atoms with E-state index in [0.717, 1.165) is 37.8 Å². The van der Waals surface area contributed by atoms with E-state index in [1.807, 2.05) is 0 Å². The Labute approximate surface area is 111 Å². The Morgan fingerprint density at radius 1 is 1.32 bits per heavy atom. The maximum atomic E-state index is 13.7. The SMILES string of the molecule is NCCN(C(=O)c1ccc(F)cc1F)C1CCCC1. The molecule has 1 saturated carbocycles. The fourth-order valence-corrected chi connectivity index (χ4v) is 2.62. The van der Waals surface area contributed by atoms with Crippen LogP contribution in [0.1, 0.15) is 36.0 Å². The summed E-state index contributed by atoms with van der Waals surface area (Å²) in [5.74, 6) is -1.89. The third-order valence-corrected chi connectivity index (χ3v) is 3.56. The molecule has 2 rings (SSSR count). The quantitative estimate of drug-likeness (QED) is 0.910. The lowest BCUT2D eigenvalue weighted by Crippen LogP contribution is -2.42. The Hall–Kier alpha value is -1.49. The first-order valence-electron chi connectivity index (χ1n) is 6.59. The zero-order valence-corrected chi connectivity index (χ0v) is 10.7. The average molecular weight is 268 g/mol. The average Bonchev–Trinajstić information content (AvgIpc) is 2.89. The van der Waals surface area contributed by atoms with Crippen LogP contribution >= 0.6 is 0 Å². The molecule has 1 aromatic carbocycles. The fourth-order valence-electron chi connectivity index (χ4n) is 2.62. The van der Waals surface area contributed by atoms with Gasteiger partial charge in [-0.05, 0) is 25.0 Å². The lowest BCUT2D eigenvalue weighted by Gasteiger charge is -2.28. The molecule has 1 aliphatic carbocycles. The standard InChI is InChI=1S/C14H18F2N2O/c15-10-5-6-12(13(16)9-10)14(19)18(8-7-17)11-3-1-2-4-11/h5-6,9,11H,1-4,7-8,17H2. The molecular formula is C14H18F2N2O. The van der Waals surface area contributed by atoms with Gasteiger partial charge in [0.05, 0.1) is 5.56 Å². The highest BCUT2D eigenvalue weighted by Crippen LogP contribution is 2.25. The fraction of sp³-hybridized carbons (Fsp3) is 0.500. The molecule has 0 aromatic heterocycles. The third kappa shape index (κ3) is 3.10. The van der Waals surface area contributed by atoms with Gasteiger partial charge in [-0.3, -0.25) is 4.79 Å². The highest BCUT2D eigenvalue weighted by Gasteiger charge is 2.28. The number of benzene rings is 1. The Morgan fingerprint density at radius 2 is 2.00 bits per heavy atom. The Bertz CT molecular complexity index is 459. The van der Waals surface area contributed by atoms with Crippen LogP contribution in [0, 0.1) is 11.6 Å². The van der Waals surface area contributed by atoms with Crippen molar-refractivity contribution in [2.24, 2.45) is 5.73 Å². The van der Waals surface area contributed by atoms with Gasteiger partial charge in [-0.15, -0.1) is 0 Å². The van der Waals surface area contributed by atoms with E-state index in [1.165, 1.54) is 6.07 Å². The Kier molecular flexibility index (Phi) is 4.47. The Morgan fingerprint density at radius 3 is 2.58 bits per heavy atom. The van der Waals surface area contributed by atoms with Crippen molar-refractivity contribution in [2.45, 2.75) is 31.7 Å². The van der Waals surface area contributed by atoms with Gasteiger partial charge >= 0.3 is 0 Å². The van der Waals surface area contributed by atoms with Gasteiger partial charge in [0.15, 0.2) is 0 Å². The number of amides is 1. The van der Waals surface area contributed by atoms with Gasteiger partial charge in [0.2, 0.25) is 0 Å². The minimum atomic E-state index is -0.815. The molecule has 0 heterocycles. The van der Waals surface area contributed by atoms with Gasteiger partial charge in [0, 0.05) is 25.2 Å². The molecule has 1 aliphatic rings. The van der Waals surface area contributed by atoms with Crippen molar-refractivity contribution in [1.82, 2.24) is 4.90 Å². The van der Waals surface area contributed by atoms with Gasteiger partial charge in [0.1, 0.15) is 11.6 Å². The van der Waals surface area contributed by atoms with Crippen molar-refractivity contribution in [1.29, 1.82) is 0 Å². The molecule has 0 bridgehead atoms. The molecule has 19 heavy (non-hydrogen) atoms. The second-order valence-corrected chi connectivity index (χ2v) is 4.85. The summed E-state index contributed by atoms with van der Waals surface area (Å²) in [6.45, 7) is 0.741. The highest BCUT2D eigenvalue weighted by molar-refractivity contribution is 5.94. The van der Waals surface area contributed by atoms with E-state index in [-0.39, 0.29) is 11.6 Å². The van der Waals surface area contributed by atoms with Crippen LogP contribution in [0.25, 0.3) is 0 Å². The summed E-state index contributed by atoms with van der Waals surface area (Å²) in [5.41, 5.74) is 5.45. The minimum absolute atomic E-state index is 0.0817. The first kappa shape index (κ1) is 13.9. The molecule has 104 valence electrons. The number of nitrogens with zero attached hydrogens (tertiary/aromatic N) is 1. The molecule has 1 fully saturated rings. The monoisotopic (exact) mass is 268 g/mol. The molecule has 0 saturated heterocycles. The summed E-state index contributed by atoms with van der Waals surface area (Å²) in [7, 11) is 0. The van der Waals surface area contributed by atoms with Crippen molar-refractivity contribution in [3.8, 4) is 0 Å². The number of halogens is 2. The number of hydrogen-bond acceptors (Lipinski definition) is 2. The van der Waals surface area contributed by atoms with Crippen molar-refractivity contribution in [3.63, 3.8) is 0 Å². The molecule has 3 nitrogen and oxygen atoms in total. The number of hydrogen-bond donors (Lipinski definition) is 1. The normalized spacial score (nSPS) is 15.7. The third-order valence-electron chi connectivity index (χ3n) is 3.56. The van der Waals surface area contributed by atoms with Crippen LogP contribution in [0.3, 0.4) is 0 Å². The summed E-state index contributed by atoms with van der Waals surface area (Å²) in [6, 6.07) is 3.17. The van der Waals surface area contributed by atoms with Crippen LogP contribution in [0.5, 0.6) is 0 Å². The van der Waals surface area contributed by atoms with Crippen molar-refractivity contribution < 1.29 is 13.6 Å². The number of rotatable bonds is 4. The number of carbonyl (C=O) groups excluding carboxylic acids is 1. The second kappa shape index (κ2) is 6.10. The zero-order valence-electron chi connectivity index (χ0n) is 10.7. The molecule has 0 unspecified atom stereocenters. The maximum absolute atomic E-state index is 13.7. The summed E-state index contributed by atoms with van der Waals surface area (Å²) >= 11 is 0. The molecule has 0 spiro atoms. The minimum Gasteiger partial charge on any atom is -0.334 e. The van der Waals surface area contributed by atoms with Crippen molar-refractivity contribution in [2.75, 3.05) is 13.1 Å². The predicted octanol–water partition coefficient (Wildman–Crippen LogP) is 2.31. The number of carbonyl (C=O) groups is 1. The highest BCUT2D eigenvalue weighted by atomic mass is 19.1. The second-order valence-electron chi connectivity index (χ2n) is 4.85. The summed E-state index contributed by atoms with van der Waals surface area (Å²) in [5, 5.41) is 0. The van der Waals surface area contributed by atoms with Crippen LogP contribution in [0.4, 0.5) is 8.78 Å². The van der Waals surface area contributed by atoms with Crippen LogP contribution in [0.2, 0.25) is 0 Å². The van der Waals surface area contributed by atoms with E-state index >= 15 is 0 Å². The van der Waals surface area contributed by atoms with Crippen LogP contribution in [0.15, 0.2) is 18.2 Å². The largest absolute Gasteiger partial charge is 0.334 e. The molecule has 0 radical (unpaired) electrons. The molecule has 1 amide bonds. The van der Waals surface area contributed by atoms with Gasteiger partial charge < -0.3 is 10.6 Å². The van der Waals surface area contributed by atoms with Gasteiger partial charge in [-0.25, -0.2) is 8.78 Å². The van der Waals surface area contributed by atoms with Gasteiger partial charge in [-0.1, -0.05) is 12.8 Å². The lowest BCUT2D eigenvalue weighted by atomic mass is 10.1. The molecule has 0 atom stereocenters. The van der Waals surface area contributed by atoms with Crippen LogP contribution in [-0.4, -0.2) is 29.9 Å². The summed E-state index contributed by atoms with van der Waals surface area (Å²) < 4.78 is 26.5. The van der Waals surface area contributed by atoms with E-state index in [1.54, 1.807) is 4.90 Å². The maximum Gasteiger partial charge on any atom is 0.257 e. The van der Waals surface area contributed by atoms with Crippen molar-refractivity contribution >= 4 is 5.91 Å². The summed E-state index contributed by atoms with van der Waals surface area (Å²) in [6.07, 6.45) is 4.00. The first-order chi connectivity index (χ1) is 9.13. The van der Waals surface area contributed by atoms with Crippen LogP contribution < -0.4 is 5.73 Å². The first-order valence-corrected chi connectivity index (χ1v) is 6.59. The predicted molar refractivity (Wildman–Crippen MR) is 68.7 cm³/mol.